The molecule has 1 aliphatic heterocycles. The van der Waals surface area contributed by atoms with Gasteiger partial charge in [-0.2, -0.15) is 0 Å². The number of rotatable bonds is 6. The third kappa shape index (κ3) is 5.76. The molecule has 0 bridgehead atoms. The average molecular weight is 511 g/mol. The van der Waals surface area contributed by atoms with Gasteiger partial charge in [0, 0.05) is 33.8 Å². The highest BCUT2D eigenvalue weighted by atomic mass is 127. The number of halogens is 1. The zero-order valence-electron chi connectivity index (χ0n) is 17.5. The van der Waals surface area contributed by atoms with E-state index in [1.165, 1.54) is 22.3 Å². The van der Waals surface area contributed by atoms with E-state index < -0.39 is 0 Å². The summed E-state index contributed by atoms with van der Waals surface area (Å²) in [7, 11) is 6.88. The van der Waals surface area contributed by atoms with E-state index in [0.717, 1.165) is 43.5 Å². The fourth-order valence-corrected chi connectivity index (χ4v) is 3.57. The summed E-state index contributed by atoms with van der Waals surface area (Å²) < 4.78 is 16.1. The second kappa shape index (κ2) is 11.3. The fourth-order valence-electron chi connectivity index (χ4n) is 3.57. The van der Waals surface area contributed by atoms with E-state index in [4.69, 9.17) is 14.2 Å². The van der Waals surface area contributed by atoms with Crippen molar-refractivity contribution in [2.45, 2.75) is 26.1 Å². The first-order chi connectivity index (χ1) is 13.7. The molecule has 0 unspecified atom stereocenters. The number of methoxy groups -OCH3 is 3. The maximum absolute atomic E-state index is 5.46. The number of ether oxygens (including phenoxy) is 3. The van der Waals surface area contributed by atoms with Gasteiger partial charge in [-0.15, -0.1) is 24.0 Å². The van der Waals surface area contributed by atoms with E-state index in [1.54, 1.807) is 21.3 Å². The Kier molecular flexibility index (Phi) is 9.03. The van der Waals surface area contributed by atoms with Crippen LogP contribution >= 0.6 is 24.0 Å². The predicted molar refractivity (Wildman–Crippen MR) is 126 cm³/mol. The molecule has 1 heterocycles. The first kappa shape index (κ1) is 23.3. The number of fused-ring (bicyclic) bond motifs is 1. The molecule has 0 fully saturated rings. The Morgan fingerprint density at radius 1 is 1.03 bits per heavy atom. The molecule has 0 atom stereocenters. The molecular weight excluding hydrogens is 481 g/mol. The summed E-state index contributed by atoms with van der Waals surface area (Å²) in [6.45, 7) is 3.04. The normalized spacial score (nSPS) is 13.4. The van der Waals surface area contributed by atoms with Gasteiger partial charge in [0.2, 0.25) is 0 Å². The molecule has 29 heavy (non-hydrogen) atoms. The molecule has 158 valence electrons. The lowest BCUT2D eigenvalue weighted by Crippen LogP contribution is -2.43. The molecule has 1 N–H and O–H groups in total. The second-order valence-corrected chi connectivity index (χ2v) is 6.80. The van der Waals surface area contributed by atoms with Crippen LogP contribution in [0.15, 0.2) is 41.4 Å². The minimum absolute atomic E-state index is 0. The summed E-state index contributed by atoms with van der Waals surface area (Å²) in [5.74, 6) is 2.45. The third-order valence-corrected chi connectivity index (χ3v) is 4.98. The van der Waals surface area contributed by atoms with Crippen molar-refractivity contribution in [2.24, 2.45) is 4.99 Å². The van der Waals surface area contributed by atoms with Crippen LogP contribution in [0.5, 0.6) is 11.5 Å². The maximum Gasteiger partial charge on any atom is 0.194 e. The van der Waals surface area contributed by atoms with E-state index in [0.29, 0.717) is 6.61 Å². The van der Waals surface area contributed by atoms with Gasteiger partial charge in [-0.1, -0.05) is 24.3 Å². The lowest BCUT2D eigenvalue weighted by Gasteiger charge is -2.32. The number of nitrogens with one attached hydrogen (secondary N) is 1. The molecule has 6 nitrogen and oxygen atoms in total. The van der Waals surface area contributed by atoms with Crippen LogP contribution < -0.4 is 14.8 Å². The zero-order chi connectivity index (χ0) is 19.9. The molecule has 0 spiro atoms. The van der Waals surface area contributed by atoms with Gasteiger partial charge in [0.1, 0.15) is 0 Å². The molecule has 1 aliphatic rings. The van der Waals surface area contributed by atoms with Gasteiger partial charge >= 0.3 is 0 Å². The summed E-state index contributed by atoms with van der Waals surface area (Å²) in [6.07, 6.45) is 0.944. The fraction of sp³-hybridized carbons (Fsp3) is 0.409. The van der Waals surface area contributed by atoms with Crippen LogP contribution in [-0.4, -0.2) is 45.8 Å². The van der Waals surface area contributed by atoms with Crippen molar-refractivity contribution in [3.63, 3.8) is 0 Å². The first-order valence-electron chi connectivity index (χ1n) is 9.44. The van der Waals surface area contributed by atoms with Gasteiger partial charge < -0.3 is 24.4 Å². The van der Waals surface area contributed by atoms with Crippen molar-refractivity contribution in [2.75, 3.05) is 34.9 Å². The van der Waals surface area contributed by atoms with Crippen LogP contribution in [0.4, 0.5) is 0 Å². The Morgan fingerprint density at radius 2 is 1.72 bits per heavy atom. The number of guanidine groups is 1. The highest BCUT2D eigenvalue weighted by Gasteiger charge is 2.21. The summed E-state index contributed by atoms with van der Waals surface area (Å²) in [6, 6.07) is 12.6. The average Bonchev–Trinajstić information content (AvgIpc) is 2.73. The largest absolute Gasteiger partial charge is 0.493 e. The van der Waals surface area contributed by atoms with Crippen molar-refractivity contribution in [1.29, 1.82) is 0 Å². The monoisotopic (exact) mass is 511 g/mol. The Bertz CT molecular complexity index is 842. The summed E-state index contributed by atoms with van der Waals surface area (Å²) >= 11 is 0. The minimum atomic E-state index is 0. The smallest absolute Gasteiger partial charge is 0.194 e. The molecule has 0 aromatic heterocycles. The SMILES string of the molecule is CN=C(NCc1cccc(COC)c1)N1CCc2cc(OC)c(OC)cc2C1.I. The van der Waals surface area contributed by atoms with E-state index in [9.17, 15) is 0 Å². The summed E-state index contributed by atoms with van der Waals surface area (Å²) in [4.78, 5) is 6.76. The van der Waals surface area contributed by atoms with Crippen molar-refractivity contribution in [3.8, 4) is 11.5 Å². The Hall–Kier alpha value is -2.00. The Balaban J connectivity index is 0.00000300. The van der Waals surface area contributed by atoms with Crippen LogP contribution in [0.2, 0.25) is 0 Å². The first-order valence-corrected chi connectivity index (χ1v) is 9.44. The second-order valence-electron chi connectivity index (χ2n) is 6.80. The summed E-state index contributed by atoms with van der Waals surface area (Å²) in [5, 5.41) is 3.49. The van der Waals surface area contributed by atoms with Crippen LogP contribution in [0, 0.1) is 0 Å². The van der Waals surface area contributed by atoms with Crippen molar-refractivity contribution in [3.05, 3.63) is 58.7 Å². The zero-order valence-corrected chi connectivity index (χ0v) is 19.9. The minimum Gasteiger partial charge on any atom is -0.493 e. The van der Waals surface area contributed by atoms with Gasteiger partial charge in [0.25, 0.3) is 0 Å². The summed E-state index contributed by atoms with van der Waals surface area (Å²) in [5.41, 5.74) is 4.93. The van der Waals surface area contributed by atoms with Gasteiger partial charge in [-0.25, -0.2) is 0 Å². The highest BCUT2D eigenvalue weighted by Crippen LogP contribution is 2.33. The number of benzene rings is 2. The Morgan fingerprint density at radius 3 is 2.38 bits per heavy atom. The number of hydrogen-bond donors (Lipinski definition) is 1. The van der Waals surface area contributed by atoms with Crippen molar-refractivity contribution >= 4 is 29.9 Å². The van der Waals surface area contributed by atoms with Gasteiger partial charge in [-0.05, 0) is 40.8 Å². The third-order valence-electron chi connectivity index (χ3n) is 4.98. The highest BCUT2D eigenvalue weighted by molar-refractivity contribution is 14.0. The van der Waals surface area contributed by atoms with Crippen LogP contribution in [0.1, 0.15) is 22.3 Å². The molecule has 7 heteroatoms. The predicted octanol–water partition coefficient (Wildman–Crippen LogP) is 3.60. The Labute approximate surface area is 190 Å². The molecule has 0 saturated heterocycles. The maximum atomic E-state index is 5.46. The van der Waals surface area contributed by atoms with Gasteiger partial charge in [0.15, 0.2) is 17.5 Å². The van der Waals surface area contributed by atoms with Gasteiger partial charge in [-0.3, -0.25) is 4.99 Å². The topological polar surface area (TPSA) is 55.3 Å². The molecular formula is C22H30IN3O3. The van der Waals surface area contributed by atoms with Crippen molar-refractivity contribution < 1.29 is 14.2 Å². The van der Waals surface area contributed by atoms with E-state index in [-0.39, 0.29) is 24.0 Å². The molecule has 0 saturated carbocycles. The molecule has 0 aliphatic carbocycles. The van der Waals surface area contributed by atoms with Crippen LogP contribution in [-0.2, 0) is 30.9 Å². The number of hydrogen-bond acceptors (Lipinski definition) is 4. The lowest BCUT2D eigenvalue weighted by molar-refractivity contribution is 0.185. The quantitative estimate of drug-likeness (QED) is 0.365. The standard InChI is InChI=1S/C22H29N3O3.HI/c1-23-22(24-13-16-6-5-7-17(10-16)15-26-2)25-9-8-18-11-20(27-3)21(28-4)12-19(18)14-25;/h5-7,10-12H,8-9,13-15H2,1-4H3,(H,23,24);1H. The molecule has 2 aromatic carbocycles. The van der Waals surface area contributed by atoms with Gasteiger partial charge in [0.05, 0.1) is 20.8 Å². The number of aliphatic imine (C=N–C) groups is 1. The molecule has 0 radical (unpaired) electrons. The molecule has 3 rings (SSSR count). The number of nitrogens with zero attached hydrogens (tertiary/aromatic N) is 2. The van der Waals surface area contributed by atoms with E-state index in [1.807, 2.05) is 7.05 Å². The lowest BCUT2D eigenvalue weighted by atomic mass is 9.99. The van der Waals surface area contributed by atoms with Crippen LogP contribution in [0.25, 0.3) is 0 Å². The molecule has 2 aromatic rings. The van der Waals surface area contributed by atoms with E-state index in [2.05, 4.69) is 51.6 Å². The molecule has 0 amide bonds. The van der Waals surface area contributed by atoms with E-state index >= 15 is 0 Å². The van der Waals surface area contributed by atoms with Crippen molar-refractivity contribution in [1.82, 2.24) is 10.2 Å². The van der Waals surface area contributed by atoms with Crippen LogP contribution in [0.3, 0.4) is 0 Å².